The van der Waals surface area contributed by atoms with Crippen molar-refractivity contribution >= 4 is 17.5 Å². The van der Waals surface area contributed by atoms with Crippen LogP contribution in [0.3, 0.4) is 0 Å². The third kappa shape index (κ3) is 9.41. The number of hydrogen-bond acceptors (Lipinski definition) is 8. The monoisotopic (exact) mass is 700 g/mol. The number of phenols is 2. The van der Waals surface area contributed by atoms with Gasteiger partial charge in [-0.2, -0.15) is 0 Å². The van der Waals surface area contributed by atoms with Crippen LogP contribution in [0.2, 0.25) is 0 Å². The van der Waals surface area contributed by atoms with Crippen molar-refractivity contribution in [2.45, 2.75) is 71.3 Å². The van der Waals surface area contributed by atoms with Gasteiger partial charge in [0.25, 0.3) is 5.91 Å². The molecule has 0 aromatic heterocycles. The standard InChI is InChI=1S/C41H56N4O6/c1-5-44-22-18-41(19-23-44,33-9-7-6-8-10-33)34-27-31(11-13-35(34)46)16-25-50-26-17-38(49)45(30(4)29(2)3)24-21-42-20-15-32-12-14-36(47)39-40(32)51-28-37(48)43-39/h6-14,27,29-30,42,46-47H,5,15-26,28H2,1-4H3,(H,43,48)/t30-/m1/s1. The number of likely N-dealkylation sites (tertiary alicyclic amines) is 1. The first kappa shape index (κ1) is 38.1. The zero-order valence-electron chi connectivity index (χ0n) is 30.7. The molecule has 3 aromatic carbocycles. The average molecular weight is 701 g/mol. The van der Waals surface area contributed by atoms with Gasteiger partial charge >= 0.3 is 0 Å². The molecule has 2 heterocycles. The molecule has 2 aliphatic rings. The molecular weight excluding hydrogens is 644 g/mol. The Balaban J connectivity index is 1.10. The van der Waals surface area contributed by atoms with Crippen molar-refractivity contribution in [2.24, 2.45) is 5.92 Å². The van der Waals surface area contributed by atoms with Crippen LogP contribution in [0.25, 0.3) is 0 Å². The lowest BCUT2D eigenvalue weighted by Gasteiger charge is -2.43. The Morgan fingerprint density at radius 1 is 1.00 bits per heavy atom. The van der Waals surface area contributed by atoms with Crippen molar-refractivity contribution in [3.8, 4) is 17.2 Å². The fourth-order valence-corrected chi connectivity index (χ4v) is 7.31. The maximum Gasteiger partial charge on any atom is 0.262 e. The van der Waals surface area contributed by atoms with Crippen LogP contribution >= 0.6 is 0 Å². The number of benzene rings is 3. The van der Waals surface area contributed by atoms with E-state index in [4.69, 9.17) is 9.47 Å². The van der Waals surface area contributed by atoms with Gasteiger partial charge in [0.1, 0.15) is 17.2 Å². The first-order valence-corrected chi connectivity index (χ1v) is 18.6. The summed E-state index contributed by atoms with van der Waals surface area (Å²) in [5.41, 5.74) is 4.35. The molecule has 5 rings (SSSR count). The molecule has 0 aliphatic carbocycles. The van der Waals surface area contributed by atoms with E-state index in [1.54, 1.807) is 6.07 Å². The van der Waals surface area contributed by atoms with Gasteiger partial charge in [0.2, 0.25) is 5.91 Å². The topological polar surface area (TPSA) is 124 Å². The second-order valence-electron chi connectivity index (χ2n) is 14.2. The van der Waals surface area contributed by atoms with E-state index in [2.05, 4.69) is 73.6 Å². The van der Waals surface area contributed by atoms with Gasteiger partial charge in [-0.3, -0.25) is 9.59 Å². The number of ether oxygens (including phenoxy) is 2. The summed E-state index contributed by atoms with van der Waals surface area (Å²) in [7, 11) is 0. The molecule has 10 nitrogen and oxygen atoms in total. The fourth-order valence-electron chi connectivity index (χ4n) is 7.31. The van der Waals surface area contributed by atoms with E-state index in [9.17, 15) is 19.8 Å². The molecule has 1 atom stereocenters. The SMILES string of the molecule is CCN1CCC(c2ccccc2)(c2cc(CCOCCC(=O)N(CCNCCc3ccc(O)c4c3OCC(=O)N4)[C@H](C)C(C)C)ccc2O)CC1. The minimum atomic E-state index is -0.288. The number of hydrogen-bond donors (Lipinski definition) is 4. The Bertz CT molecular complexity index is 1610. The summed E-state index contributed by atoms with van der Waals surface area (Å²) < 4.78 is 11.6. The molecule has 276 valence electrons. The van der Waals surface area contributed by atoms with E-state index in [1.165, 1.54) is 5.56 Å². The molecule has 0 bridgehead atoms. The van der Waals surface area contributed by atoms with Gasteiger partial charge in [-0.25, -0.2) is 0 Å². The van der Waals surface area contributed by atoms with Crippen LogP contribution in [0.15, 0.2) is 60.7 Å². The fraction of sp³-hybridized carbons (Fsp3) is 0.512. The van der Waals surface area contributed by atoms with E-state index in [0.717, 1.165) is 49.2 Å². The van der Waals surface area contributed by atoms with E-state index in [1.807, 2.05) is 29.2 Å². The van der Waals surface area contributed by atoms with Crippen LogP contribution in [0, 0.1) is 5.92 Å². The molecule has 51 heavy (non-hydrogen) atoms. The molecule has 2 aliphatic heterocycles. The van der Waals surface area contributed by atoms with Crippen LogP contribution in [-0.2, 0) is 32.6 Å². The van der Waals surface area contributed by atoms with Gasteiger partial charge in [0.15, 0.2) is 12.4 Å². The molecule has 0 spiro atoms. The highest BCUT2D eigenvalue weighted by molar-refractivity contribution is 5.97. The number of carbonyl (C=O) groups excluding carboxylic acids is 2. The number of nitrogens with one attached hydrogen (secondary N) is 2. The van der Waals surface area contributed by atoms with Crippen molar-refractivity contribution in [3.63, 3.8) is 0 Å². The lowest BCUT2D eigenvalue weighted by molar-refractivity contribution is -0.135. The van der Waals surface area contributed by atoms with Gasteiger partial charge in [-0.1, -0.05) is 69.3 Å². The molecule has 3 aromatic rings. The smallest absolute Gasteiger partial charge is 0.262 e. The minimum absolute atomic E-state index is 0.0137. The number of aromatic hydroxyl groups is 2. The number of nitrogens with zero attached hydrogens (tertiary/aromatic N) is 2. The molecule has 1 fully saturated rings. The molecule has 0 radical (unpaired) electrons. The number of rotatable bonds is 17. The van der Waals surface area contributed by atoms with Crippen LogP contribution in [0.5, 0.6) is 17.2 Å². The van der Waals surface area contributed by atoms with Crippen LogP contribution in [0.1, 0.15) is 69.2 Å². The maximum absolute atomic E-state index is 13.4. The lowest BCUT2D eigenvalue weighted by atomic mass is 9.67. The number of piperidine rings is 1. The molecule has 0 unspecified atom stereocenters. The van der Waals surface area contributed by atoms with E-state index in [0.29, 0.717) is 75.2 Å². The summed E-state index contributed by atoms with van der Waals surface area (Å²) in [6.45, 7) is 14.2. The predicted octanol–water partition coefficient (Wildman–Crippen LogP) is 5.49. The van der Waals surface area contributed by atoms with Crippen molar-refractivity contribution in [2.75, 3.05) is 64.4 Å². The highest BCUT2D eigenvalue weighted by Crippen LogP contribution is 2.45. The zero-order chi connectivity index (χ0) is 36.4. The number of carbonyl (C=O) groups is 2. The molecule has 4 N–H and O–H groups in total. The zero-order valence-corrected chi connectivity index (χ0v) is 30.7. The molecule has 1 saturated heterocycles. The van der Waals surface area contributed by atoms with Crippen LogP contribution in [-0.4, -0.2) is 97.0 Å². The Kier molecular flexibility index (Phi) is 13.4. The first-order valence-electron chi connectivity index (χ1n) is 18.6. The van der Waals surface area contributed by atoms with Crippen LogP contribution in [0.4, 0.5) is 5.69 Å². The van der Waals surface area contributed by atoms with Gasteiger partial charge in [0, 0.05) is 30.1 Å². The predicted molar refractivity (Wildman–Crippen MR) is 201 cm³/mol. The maximum atomic E-state index is 13.4. The summed E-state index contributed by atoms with van der Waals surface area (Å²) in [6, 6.07) is 20.0. The molecular formula is C41H56N4O6. The Labute approximate surface area is 303 Å². The highest BCUT2D eigenvalue weighted by atomic mass is 16.5. The highest BCUT2D eigenvalue weighted by Gasteiger charge is 2.39. The third-order valence-electron chi connectivity index (χ3n) is 10.8. The van der Waals surface area contributed by atoms with Crippen LogP contribution < -0.4 is 15.4 Å². The number of anilines is 1. The normalized spacial score (nSPS) is 16.3. The van der Waals surface area contributed by atoms with E-state index >= 15 is 0 Å². The van der Waals surface area contributed by atoms with Gasteiger partial charge < -0.3 is 40.1 Å². The average Bonchev–Trinajstić information content (AvgIpc) is 3.14. The quantitative estimate of drug-likeness (QED) is 0.108. The summed E-state index contributed by atoms with van der Waals surface area (Å²) in [4.78, 5) is 29.5. The van der Waals surface area contributed by atoms with Gasteiger partial charge in [-0.05, 0) is 93.5 Å². The summed E-state index contributed by atoms with van der Waals surface area (Å²) in [5, 5.41) is 27.4. The van der Waals surface area contributed by atoms with E-state index < -0.39 is 0 Å². The Morgan fingerprint density at radius 3 is 2.47 bits per heavy atom. The lowest BCUT2D eigenvalue weighted by Crippen LogP contribution is -2.45. The van der Waals surface area contributed by atoms with E-state index in [-0.39, 0.29) is 35.6 Å². The summed E-state index contributed by atoms with van der Waals surface area (Å²) in [5.74, 6) is 0.935. The number of amides is 2. The van der Waals surface area contributed by atoms with Gasteiger partial charge in [-0.15, -0.1) is 0 Å². The summed E-state index contributed by atoms with van der Waals surface area (Å²) in [6.07, 6.45) is 3.57. The molecule has 2 amide bonds. The number of fused-ring (bicyclic) bond motifs is 1. The first-order chi connectivity index (χ1) is 24.6. The van der Waals surface area contributed by atoms with Gasteiger partial charge in [0.05, 0.1) is 19.6 Å². The summed E-state index contributed by atoms with van der Waals surface area (Å²) >= 11 is 0. The Hall–Kier alpha value is -4.12. The molecule has 10 heteroatoms. The minimum Gasteiger partial charge on any atom is -0.508 e. The van der Waals surface area contributed by atoms with Crippen molar-refractivity contribution in [3.05, 3.63) is 82.9 Å². The molecule has 0 saturated carbocycles. The number of phenolic OH excluding ortho intramolecular Hbond substituents is 2. The Morgan fingerprint density at radius 2 is 1.75 bits per heavy atom. The third-order valence-corrected chi connectivity index (χ3v) is 10.8. The van der Waals surface area contributed by atoms with Crippen molar-refractivity contribution in [1.29, 1.82) is 0 Å². The van der Waals surface area contributed by atoms with Crippen molar-refractivity contribution < 1.29 is 29.3 Å². The van der Waals surface area contributed by atoms with Crippen molar-refractivity contribution in [1.82, 2.24) is 15.1 Å². The second kappa shape index (κ2) is 17.9. The second-order valence-corrected chi connectivity index (χ2v) is 14.2. The largest absolute Gasteiger partial charge is 0.508 e.